The van der Waals surface area contributed by atoms with Crippen LogP contribution >= 0.6 is 30.3 Å². The van der Waals surface area contributed by atoms with E-state index in [1.165, 1.54) is 12.1 Å². The van der Waals surface area contributed by atoms with Gasteiger partial charge in [-0.05, 0) is 49.9 Å². The molecular formula is C21H21Cl2O3P. The van der Waals surface area contributed by atoms with Gasteiger partial charge in [-0.2, -0.15) is 0 Å². The number of benzene rings is 2. The number of halogens is 2. The van der Waals surface area contributed by atoms with Gasteiger partial charge in [-0.25, -0.2) is 0 Å². The summed E-state index contributed by atoms with van der Waals surface area (Å²) >= 11 is 12.4. The number of hydrogen-bond donors (Lipinski definition) is 0. The molecule has 2 aromatic rings. The molecule has 27 heavy (non-hydrogen) atoms. The Hall–Kier alpha value is -1.41. The number of carbonyl (C=O) groups excluding carboxylic acids is 2. The van der Waals surface area contributed by atoms with Crippen LogP contribution in [0.15, 0.2) is 36.4 Å². The van der Waals surface area contributed by atoms with E-state index in [0.717, 1.165) is 24.0 Å². The molecule has 142 valence electrons. The van der Waals surface area contributed by atoms with Gasteiger partial charge in [0.15, 0.2) is 0 Å². The van der Waals surface area contributed by atoms with Crippen molar-refractivity contribution in [3.63, 3.8) is 0 Å². The Bertz CT molecular complexity index is 854. The van der Waals surface area contributed by atoms with Gasteiger partial charge >= 0.3 is 0 Å². The molecule has 0 aromatic heterocycles. The molecule has 0 N–H and O–H groups in total. The van der Waals surface area contributed by atoms with Crippen LogP contribution in [0, 0.1) is 13.8 Å². The van der Waals surface area contributed by atoms with E-state index in [1.54, 1.807) is 32.0 Å². The van der Waals surface area contributed by atoms with Crippen molar-refractivity contribution in [3.05, 3.63) is 68.7 Å². The highest BCUT2D eigenvalue weighted by molar-refractivity contribution is 7.96. The van der Waals surface area contributed by atoms with Crippen molar-refractivity contribution < 1.29 is 14.2 Å². The van der Waals surface area contributed by atoms with E-state index in [9.17, 15) is 14.2 Å². The van der Waals surface area contributed by atoms with E-state index in [0.29, 0.717) is 18.4 Å². The molecule has 6 heteroatoms. The maximum absolute atomic E-state index is 14.2. The van der Waals surface area contributed by atoms with Crippen LogP contribution in [0.3, 0.4) is 0 Å². The molecule has 0 amide bonds. The fourth-order valence-electron chi connectivity index (χ4n) is 3.88. The van der Waals surface area contributed by atoms with E-state index in [4.69, 9.17) is 23.2 Å². The molecular weight excluding hydrogens is 402 g/mol. The second kappa shape index (κ2) is 7.91. The van der Waals surface area contributed by atoms with Crippen LogP contribution in [0.4, 0.5) is 0 Å². The van der Waals surface area contributed by atoms with Crippen LogP contribution in [0.25, 0.3) is 0 Å². The lowest BCUT2D eigenvalue weighted by Crippen LogP contribution is -2.21. The summed E-state index contributed by atoms with van der Waals surface area (Å²) in [5, 5.41) is 0.250. The molecule has 1 atom stereocenters. The van der Waals surface area contributed by atoms with E-state index < -0.39 is 23.8 Å². The van der Waals surface area contributed by atoms with Gasteiger partial charge in [0.25, 0.3) is 0 Å². The van der Waals surface area contributed by atoms with Crippen LogP contribution in [-0.2, 0) is 4.57 Å². The third-order valence-electron chi connectivity index (χ3n) is 5.31. The molecule has 2 aromatic carbocycles. The van der Waals surface area contributed by atoms with Crippen molar-refractivity contribution >= 4 is 41.4 Å². The van der Waals surface area contributed by atoms with Crippen molar-refractivity contribution in [2.45, 2.75) is 45.2 Å². The third kappa shape index (κ3) is 3.53. The summed E-state index contributed by atoms with van der Waals surface area (Å²) < 4.78 is 14.2. The normalized spacial score (nSPS) is 16.9. The first-order valence-corrected chi connectivity index (χ1v) is 11.5. The summed E-state index contributed by atoms with van der Waals surface area (Å²) in [6.07, 6.45) is 2.92. The van der Waals surface area contributed by atoms with Gasteiger partial charge in [0.1, 0.15) is 0 Å². The van der Waals surface area contributed by atoms with Gasteiger partial charge < -0.3 is 4.57 Å². The molecule has 0 saturated heterocycles. The van der Waals surface area contributed by atoms with Gasteiger partial charge in [-0.1, -0.05) is 60.3 Å². The topological polar surface area (TPSA) is 51.2 Å². The molecule has 1 aliphatic rings. The Morgan fingerprint density at radius 1 is 0.852 bits per heavy atom. The SMILES string of the molecule is Cc1cccc(C)c1C(=O)P(=O)(C(=O)c1c(Cl)cccc1Cl)C1CCCC1. The lowest BCUT2D eigenvalue weighted by atomic mass is 10.0. The van der Waals surface area contributed by atoms with Crippen molar-refractivity contribution in [1.29, 1.82) is 0 Å². The fraction of sp³-hybridized carbons (Fsp3) is 0.333. The highest BCUT2D eigenvalue weighted by Crippen LogP contribution is 2.62. The average molecular weight is 423 g/mol. The minimum absolute atomic E-state index is 0.00402. The molecule has 1 saturated carbocycles. The first-order valence-electron chi connectivity index (χ1n) is 8.98. The number of aryl methyl sites for hydroxylation is 2. The highest BCUT2D eigenvalue weighted by Gasteiger charge is 2.49. The first kappa shape index (κ1) is 20.3. The summed E-state index contributed by atoms with van der Waals surface area (Å²) in [5.41, 5.74) is 0.0833. The Labute approximate surface area is 169 Å². The Kier molecular flexibility index (Phi) is 5.96. The predicted molar refractivity (Wildman–Crippen MR) is 111 cm³/mol. The van der Waals surface area contributed by atoms with E-state index >= 15 is 0 Å². The fourth-order valence-corrected chi connectivity index (χ4v) is 7.78. The minimum atomic E-state index is -3.95. The first-order chi connectivity index (χ1) is 12.8. The summed E-state index contributed by atoms with van der Waals surface area (Å²) in [6, 6.07) is 10.1. The standard InChI is InChI=1S/C21H21Cl2O3P/c1-13-7-5-8-14(2)18(13)20(24)27(26,15-9-3-4-10-15)21(25)19-16(22)11-6-12-17(19)23/h5-8,11-12,15H,3-4,9-10H2,1-2H3. The van der Waals surface area contributed by atoms with Crippen molar-refractivity contribution in [2.75, 3.05) is 0 Å². The molecule has 3 nitrogen and oxygen atoms in total. The number of carbonyl (C=O) groups is 2. The Morgan fingerprint density at radius 3 is 1.81 bits per heavy atom. The van der Waals surface area contributed by atoms with Crippen LogP contribution in [0.5, 0.6) is 0 Å². The van der Waals surface area contributed by atoms with Crippen molar-refractivity contribution in [3.8, 4) is 0 Å². The number of rotatable bonds is 5. The smallest absolute Gasteiger partial charge is 0.232 e. The quantitative estimate of drug-likeness (QED) is 0.492. The second-order valence-electron chi connectivity index (χ2n) is 7.07. The predicted octanol–water partition coefficient (Wildman–Crippen LogP) is 6.90. The molecule has 1 aliphatic carbocycles. The lowest BCUT2D eigenvalue weighted by molar-refractivity contribution is 0.103. The monoisotopic (exact) mass is 422 g/mol. The van der Waals surface area contributed by atoms with E-state index in [2.05, 4.69) is 0 Å². The molecule has 0 bridgehead atoms. The van der Waals surface area contributed by atoms with Gasteiger partial charge in [0.05, 0.1) is 15.6 Å². The van der Waals surface area contributed by atoms with Gasteiger partial charge in [-0.3, -0.25) is 9.59 Å². The average Bonchev–Trinajstić information content (AvgIpc) is 3.15. The van der Waals surface area contributed by atoms with Crippen LogP contribution in [0.2, 0.25) is 10.0 Å². The van der Waals surface area contributed by atoms with Gasteiger partial charge in [0, 0.05) is 11.2 Å². The molecule has 1 unspecified atom stereocenters. The summed E-state index contributed by atoms with van der Waals surface area (Å²) in [6.45, 7) is 3.60. The molecule has 1 fully saturated rings. The molecule has 3 rings (SSSR count). The zero-order chi connectivity index (χ0) is 19.8. The summed E-state index contributed by atoms with van der Waals surface area (Å²) in [4.78, 5) is 27.0. The summed E-state index contributed by atoms with van der Waals surface area (Å²) in [7, 11) is -3.95. The van der Waals surface area contributed by atoms with Gasteiger partial charge in [0.2, 0.25) is 18.2 Å². The van der Waals surface area contributed by atoms with E-state index in [1.807, 2.05) is 6.07 Å². The molecule has 0 aliphatic heterocycles. The van der Waals surface area contributed by atoms with Crippen molar-refractivity contribution in [1.82, 2.24) is 0 Å². The highest BCUT2D eigenvalue weighted by atomic mass is 35.5. The third-order valence-corrected chi connectivity index (χ3v) is 9.14. The zero-order valence-electron chi connectivity index (χ0n) is 15.3. The van der Waals surface area contributed by atoms with Crippen LogP contribution in [-0.4, -0.2) is 16.7 Å². The number of hydrogen-bond acceptors (Lipinski definition) is 3. The van der Waals surface area contributed by atoms with Crippen LogP contribution in [0.1, 0.15) is 57.5 Å². The van der Waals surface area contributed by atoms with Gasteiger partial charge in [-0.15, -0.1) is 0 Å². The van der Waals surface area contributed by atoms with E-state index in [-0.39, 0.29) is 15.6 Å². The molecule has 0 radical (unpaired) electrons. The van der Waals surface area contributed by atoms with Crippen LogP contribution < -0.4 is 0 Å². The Morgan fingerprint density at radius 2 is 1.30 bits per heavy atom. The second-order valence-corrected chi connectivity index (χ2v) is 10.7. The summed E-state index contributed by atoms with van der Waals surface area (Å²) in [5.74, 6) is 0. The maximum Gasteiger partial charge on any atom is 0.232 e. The minimum Gasteiger partial charge on any atom is -0.306 e. The molecule has 0 heterocycles. The van der Waals surface area contributed by atoms with Crippen molar-refractivity contribution in [2.24, 2.45) is 0 Å². The largest absolute Gasteiger partial charge is 0.306 e. The zero-order valence-corrected chi connectivity index (χ0v) is 17.7. The lowest BCUT2D eigenvalue weighted by Gasteiger charge is -2.24. The molecule has 0 spiro atoms. The maximum atomic E-state index is 14.2. The Balaban J connectivity index is 2.20.